The van der Waals surface area contributed by atoms with E-state index in [4.69, 9.17) is 0 Å². The summed E-state index contributed by atoms with van der Waals surface area (Å²) in [4.78, 5) is 47.8. The predicted molar refractivity (Wildman–Crippen MR) is 116 cm³/mol. The van der Waals surface area contributed by atoms with Crippen LogP contribution < -0.4 is 16.6 Å². The molecule has 0 spiro atoms. The number of carbonyl (C=O) groups excluding carboxylic acids is 1. The molecular formula is C21H25F3N6O4. The van der Waals surface area contributed by atoms with Crippen LogP contribution in [0.15, 0.2) is 28.0 Å². The van der Waals surface area contributed by atoms with Crippen molar-refractivity contribution in [2.45, 2.75) is 51.4 Å². The minimum absolute atomic E-state index is 0.00686. The molecule has 0 aliphatic heterocycles. The lowest BCUT2D eigenvalue weighted by Crippen LogP contribution is -2.46. The minimum atomic E-state index is -5.06. The smallest absolute Gasteiger partial charge is 0.374 e. The van der Waals surface area contributed by atoms with E-state index in [1.54, 1.807) is 20.8 Å². The lowest BCUT2D eigenvalue weighted by atomic mass is 9.97. The number of nitrogens with zero attached hydrogens (tertiary/aromatic N) is 4. The lowest BCUT2D eigenvalue weighted by molar-refractivity contribution is -0.272. The molecule has 184 valence electrons. The Bertz CT molecular complexity index is 1340. The van der Waals surface area contributed by atoms with Crippen LogP contribution in [0.2, 0.25) is 0 Å². The maximum Gasteiger partial charge on any atom is 0.424 e. The Morgan fingerprint density at radius 1 is 1.29 bits per heavy atom. The van der Waals surface area contributed by atoms with E-state index in [1.807, 2.05) is 0 Å². The second-order valence-electron chi connectivity index (χ2n) is 8.18. The molecule has 10 nitrogen and oxygen atoms in total. The molecule has 3 heterocycles. The van der Waals surface area contributed by atoms with Crippen molar-refractivity contribution in [2.75, 3.05) is 6.54 Å². The van der Waals surface area contributed by atoms with Crippen molar-refractivity contribution in [1.82, 2.24) is 29.4 Å². The van der Waals surface area contributed by atoms with Gasteiger partial charge in [-0.2, -0.15) is 13.2 Å². The maximum atomic E-state index is 13.7. The highest BCUT2D eigenvalue weighted by Crippen LogP contribution is 2.40. The van der Waals surface area contributed by atoms with Crippen molar-refractivity contribution >= 4 is 16.9 Å². The molecule has 0 fully saturated rings. The number of hydrogen-bond acceptors (Lipinski definition) is 6. The molecule has 1 atom stereocenters. The Morgan fingerprint density at radius 2 is 1.97 bits per heavy atom. The first-order valence-electron chi connectivity index (χ1n) is 10.5. The Balaban J connectivity index is 2.00. The van der Waals surface area contributed by atoms with Crippen LogP contribution in [-0.2, 0) is 19.2 Å². The summed E-state index contributed by atoms with van der Waals surface area (Å²) in [6.45, 7) is 4.86. The van der Waals surface area contributed by atoms with E-state index in [0.717, 1.165) is 10.8 Å². The molecule has 3 aromatic heterocycles. The molecule has 3 N–H and O–H groups in total. The molecule has 34 heavy (non-hydrogen) atoms. The van der Waals surface area contributed by atoms with Crippen LogP contribution in [0, 0.1) is 0 Å². The van der Waals surface area contributed by atoms with E-state index in [-0.39, 0.29) is 29.1 Å². The average molecular weight is 482 g/mol. The van der Waals surface area contributed by atoms with Crippen molar-refractivity contribution in [3.63, 3.8) is 0 Å². The number of fused-ring (bicyclic) bond motifs is 1. The van der Waals surface area contributed by atoms with Gasteiger partial charge in [0, 0.05) is 44.6 Å². The second-order valence-corrected chi connectivity index (χ2v) is 8.18. The van der Waals surface area contributed by atoms with Gasteiger partial charge in [0.15, 0.2) is 5.65 Å². The van der Waals surface area contributed by atoms with Gasteiger partial charge in [0.25, 0.3) is 11.5 Å². The Kier molecular flexibility index (Phi) is 6.69. The zero-order chi connectivity index (χ0) is 25.4. The zero-order valence-corrected chi connectivity index (χ0v) is 19.0. The number of pyridine rings is 1. The number of aromatic nitrogens is 5. The zero-order valence-electron chi connectivity index (χ0n) is 19.0. The summed E-state index contributed by atoms with van der Waals surface area (Å²) in [5, 5.41) is 12.6. The third-order valence-corrected chi connectivity index (χ3v) is 5.55. The number of halogens is 3. The summed E-state index contributed by atoms with van der Waals surface area (Å²) in [5.74, 6) is -1.63. The van der Waals surface area contributed by atoms with E-state index in [9.17, 15) is 32.7 Å². The van der Waals surface area contributed by atoms with Gasteiger partial charge >= 0.3 is 11.9 Å². The molecule has 0 radical (unpaired) electrons. The first-order chi connectivity index (χ1) is 15.8. The largest absolute Gasteiger partial charge is 0.424 e. The van der Waals surface area contributed by atoms with E-state index in [1.165, 1.54) is 23.9 Å². The molecule has 1 unspecified atom stereocenters. The van der Waals surface area contributed by atoms with Gasteiger partial charge in [-0.15, -0.1) is 0 Å². The average Bonchev–Trinajstić information content (AvgIpc) is 3.18. The number of imidazole rings is 1. The molecule has 0 saturated carbocycles. The fourth-order valence-corrected chi connectivity index (χ4v) is 3.66. The number of aliphatic hydroxyl groups is 1. The van der Waals surface area contributed by atoms with Gasteiger partial charge in [-0.3, -0.25) is 19.1 Å². The fourth-order valence-electron chi connectivity index (χ4n) is 3.66. The summed E-state index contributed by atoms with van der Waals surface area (Å²) in [6, 6.07) is 1.37. The van der Waals surface area contributed by atoms with Crippen molar-refractivity contribution < 1.29 is 23.1 Å². The van der Waals surface area contributed by atoms with E-state index in [0.29, 0.717) is 5.69 Å². The van der Waals surface area contributed by atoms with E-state index in [2.05, 4.69) is 20.3 Å². The third kappa shape index (κ3) is 4.34. The van der Waals surface area contributed by atoms with E-state index < -0.39 is 47.7 Å². The number of amides is 1. The maximum absolute atomic E-state index is 13.7. The standard InChI is InChI=1S/C21H25F3N6O4/c1-5-30-15-14(17(32)28-19(30)33)12(10-13(27-15)11(2)3)16(31)25-7-6-20(34,21(22,23)24)18-26-8-9-29(18)4/h8-11,34H,5-7H2,1-4H3,(H,25,31)(H,28,32,33). The van der Waals surface area contributed by atoms with Crippen LogP contribution in [0.25, 0.3) is 11.0 Å². The monoisotopic (exact) mass is 482 g/mol. The second kappa shape index (κ2) is 9.05. The molecular weight excluding hydrogens is 457 g/mol. The van der Waals surface area contributed by atoms with Gasteiger partial charge in [0.2, 0.25) is 5.60 Å². The van der Waals surface area contributed by atoms with Crippen molar-refractivity contribution in [1.29, 1.82) is 0 Å². The SMILES string of the molecule is CCn1c(=O)[nH]c(=O)c2c(C(=O)NCCC(O)(c3nccn3C)C(F)(F)F)cc(C(C)C)nc21. The number of alkyl halides is 3. The minimum Gasteiger partial charge on any atom is -0.374 e. The highest BCUT2D eigenvalue weighted by molar-refractivity contribution is 6.05. The number of rotatable bonds is 7. The van der Waals surface area contributed by atoms with Gasteiger partial charge < -0.3 is 15.0 Å². The summed E-state index contributed by atoms with van der Waals surface area (Å²) in [5.41, 5.74) is -4.54. The predicted octanol–water partition coefficient (Wildman–Crippen LogP) is 1.53. The number of aryl methyl sites for hydroxylation is 2. The summed E-state index contributed by atoms with van der Waals surface area (Å²) >= 11 is 0. The number of hydrogen-bond donors (Lipinski definition) is 3. The van der Waals surface area contributed by atoms with Crippen LogP contribution in [0.1, 0.15) is 55.0 Å². The first-order valence-corrected chi connectivity index (χ1v) is 10.5. The van der Waals surface area contributed by atoms with Crippen LogP contribution in [0.5, 0.6) is 0 Å². The van der Waals surface area contributed by atoms with Crippen molar-refractivity contribution in [2.24, 2.45) is 7.05 Å². The van der Waals surface area contributed by atoms with Gasteiger partial charge in [-0.1, -0.05) is 13.8 Å². The Hall–Kier alpha value is -3.48. The molecule has 1 amide bonds. The molecule has 13 heteroatoms. The quantitative estimate of drug-likeness (QED) is 0.468. The van der Waals surface area contributed by atoms with Crippen LogP contribution >= 0.6 is 0 Å². The van der Waals surface area contributed by atoms with Crippen LogP contribution in [0.4, 0.5) is 13.2 Å². The number of aromatic amines is 1. The van der Waals surface area contributed by atoms with Crippen molar-refractivity contribution in [3.05, 3.63) is 56.4 Å². The summed E-state index contributed by atoms with van der Waals surface area (Å²) < 4.78 is 43.4. The van der Waals surface area contributed by atoms with Gasteiger partial charge in [0.1, 0.15) is 5.82 Å². The molecule has 0 aliphatic rings. The highest BCUT2D eigenvalue weighted by atomic mass is 19.4. The van der Waals surface area contributed by atoms with Gasteiger partial charge in [-0.05, 0) is 18.9 Å². The van der Waals surface area contributed by atoms with E-state index >= 15 is 0 Å². The number of carbonyl (C=O) groups is 1. The topological polar surface area (TPSA) is 135 Å². The highest BCUT2D eigenvalue weighted by Gasteiger charge is 2.57. The molecule has 0 aliphatic carbocycles. The Labute approximate surface area is 191 Å². The lowest BCUT2D eigenvalue weighted by Gasteiger charge is -2.30. The normalized spacial score (nSPS) is 13.9. The molecule has 0 saturated heterocycles. The number of H-pyrrole nitrogens is 1. The fraction of sp³-hybridized carbons (Fsp3) is 0.476. The van der Waals surface area contributed by atoms with Crippen LogP contribution in [-0.4, -0.2) is 47.8 Å². The van der Waals surface area contributed by atoms with Gasteiger partial charge in [-0.25, -0.2) is 14.8 Å². The Morgan fingerprint density at radius 3 is 2.50 bits per heavy atom. The summed E-state index contributed by atoms with van der Waals surface area (Å²) in [7, 11) is 1.31. The molecule has 0 bridgehead atoms. The molecule has 0 aromatic carbocycles. The number of nitrogens with one attached hydrogen (secondary N) is 2. The molecule has 3 rings (SSSR count). The molecule has 3 aromatic rings. The van der Waals surface area contributed by atoms with Crippen LogP contribution in [0.3, 0.4) is 0 Å². The van der Waals surface area contributed by atoms with Gasteiger partial charge in [0.05, 0.1) is 10.9 Å². The summed E-state index contributed by atoms with van der Waals surface area (Å²) in [6.07, 6.45) is -3.58. The van der Waals surface area contributed by atoms with Crippen molar-refractivity contribution in [3.8, 4) is 0 Å². The third-order valence-electron chi connectivity index (χ3n) is 5.55. The first kappa shape index (κ1) is 25.1.